The lowest BCUT2D eigenvalue weighted by molar-refractivity contribution is -0.144. The van der Waals surface area contributed by atoms with Crippen molar-refractivity contribution in [3.63, 3.8) is 0 Å². The van der Waals surface area contributed by atoms with E-state index in [0.29, 0.717) is 70.4 Å². The number of hydrogen-bond donors (Lipinski definition) is 2. The van der Waals surface area contributed by atoms with Crippen LogP contribution in [0.15, 0.2) is 48.9 Å². The Labute approximate surface area is 422 Å². The van der Waals surface area contributed by atoms with E-state index in [9.17, 15) is 19.2 Å². The Morgan fingerprint density at radius 1 is 0.819 bits per heavy atom. The van der Waals surface area contributed by atoms with Gasteiger partial charge in [-0.1, -0.05) is 24.6 Å². The third-order valence-electron chi connectivity index (χ3n) is 17.9. The van der Waals surface area contributed by atoms with Gasteiger partial charge >= 0.3 is 0 Å². The standard InChI is InChI=1S/C56H71N11O5/c1-35(2)66-34-58-46-31-45(60-52(51(46)66)59-40-10-11-40)37-8-13-44-47(28-37)67(42-29-41(30-42)62-20-4-3-5-21-62)55(72)56(44)18-25-64(26-19-56)54(71)39-7-6-22-65(33-39)50(69)27-36-16-23-63(24-17-36)48-14-9-38(32-57-48)43-12-15-49(68)61-53(43)70/h8-9,13-14,28,31-32,34-36,39-43H,3-7,10-12,15-27,29-30,33H2,1-2H3,(H,59,60)(H,61,68,70)/t39-,41?,42?,43-/m1/s1. The fourth-order valence-electron chi connectivity index (χ4n) is 13.4. The van der Waals surface area contributed by atoms with E-state index in [1.807, 2.05) is 28.3 Å². The molecule has 16 nitrogen and oxygen atoms in total. The highest BCUT2D eigenvalue weighted by molar-refractivity contribution is 6.09. The number of pyridine rings is 2. The van der Waals surface area contributed by atoms with Gasteiger partial charge in [-0.05, 0) is 146 Å². The fourth-order valence-corrected chi connectivity index (χ4v) is 13.4. The van der Waals surface area contributed by atoms with Gasteiger partial charge in [0.2, 0.25) is 29.5 Å². The van der Waals surface area contributed by atoms with Gasteiger partial charge < -0.3 is 34.4 Å². The molecule has 1 aromatic carbocycles. The number of carbonyl (C=O) groups excluding carboxylic acids is 5. The molecule has 8 aliphatic rings. The lowest BCUT2D eigenvalue weighted by Gasteiger charge is -2.48. The molecular weight excluding hydrogens is 907 g/mol. The van der Waals surface area contributed by atoms with E-state index in [1.165, 1.54) is 19.3 Å². The second-order valence-electron chi connectivity index (χ2n) is 22.8. The normalized spacial score (nSPS) is 26.1. The molecule has 12 rings (SSSR count). The van der Waals surface area contributed by atoms with E-state index in [2.05, 4.69) is 73.0 Å². The summed E-state index contributed by atoms with van der Waals surface area (Å²) in [5.74, 6) is 1.36. The summed E-state index contributed by atoms with van der Waals surface area (Å²) in [6.07, 6.45) is 17.6. The summed E-state index contributed by atoms with van der Waals surface area (Å²) in [5.41, 5.74) is 6.02. The number of likely N-dealkylation sites (tertiary alicyclic amines) is 3. The van der Waals surface area contributed by atoms with Crippen molar-refractivity contribution in [3.8, 4) is 11.3 Å². The van der Waals surface area contributed by atoms with Crippen molar-refractivity contribution in [1.82, 2.24) is 39.5 Å². The van der Waals surface area contributed by atoms with Crippen LogP contribution in [0.4, 0.5) is 17.3 Å². The van der Waals surface area contributed by atoms with Gasteiger partial charge in [0.05, 0.1) is 34.8 Å². The maximum atomic E-state index is 15.3. The van der Waals surface area contributed by atoms with Crippen molar-refractivity contribution in [2.24, 2.45) is 11.8 Å². The van der Waals surface area contributed by atoms with Crippen LogP contribution in [0.3, 0.4) is 0 Å². The molecule has 9 heterocycles. The smallest absolute Gasteiger partial charge is 0.238 e. The van der Waals surface area contributed by atoms with E-state index >= 15 is 4.79 Å². The molecule has 2 N–H and O–H groups in total. The Balaban J connectivity index is 0.702. The summed E-state index contributed by atoms with van der Waals surface area (Å²) in [6.45, 7) is 10.4. The number of rotatable bonds is 11. The van der Waals surface area contributed by atoms with Crippen LogP contribution in [0.25, 0.3) is 22.3 Å². The number of hydrogen-bond acceptors (Lipinski definition) is 11. The molecule has 0 bridgehead atoms. The number of nitrogens with zero attached hydrogens (tertiary/aromatic N) is 9. The van der Waals surface area contributed by atoms with E-state index in [-0.39, 0.29) is 59.4 Å². The van der Waals surface area contributed by atoms with E-state index in [4.69, 9.17) is 9.97 Å². The van der Waals surface area contributed by atoms with Crippen LogP contribution in [-0.4, -0.2) is 134 Å². The van der Waals surface area contributed by atoms with Gasteiger partial charge in [0.25, 0.3) is 0 Å². The average molecular weight is 978 g/mol. The monoisotopic (exact) mass is 978 g/mol. The first-order valence-corrected chi connectivity index (χ1v) is 27.5. The van der Waals surface area contributed by atoms with Crippen molar-refractivity contribution in [2.45, 2.75) is 152 Å². The molecule has 2 atom stereocenters. The molecule has 72 heavy (non-hydrogen) atoms. The third kappa shape index (κ3) is 8.82. The van der Waals surface area contributed by atoms with Gasteiger partial charge in [-0.15, -0.1) is 0 Å². The molecule has 380 valence electrons. The number of aromatic nitrogens is 4. The first kappa shape index (κ1) is 47.1. The highest BCUT2D eigenvalue weighted by Gasteiger charge is 2.56. The minimum Gasteiger partial charge on any atom is -0.366 e. The molecule has 2 saturated carbocycles. The molecule has 1 spiro atoms. The summed E-state index contributed by atoms with van der Waals surface area (Å²) in [6, 6.07) is 13.9. The Morgan fingerprint density at radius 2 is 1.61 bits per heavy atom. The van der Waals surface area contributed by atoms with Crippen molar-refractivity contribution >= 4 is 57.9 Å². The summed E-state index contributed by atoms with van der Waals surface area (Å²) in [4.78, 5) is 93.3. The molecule has 16 heteroatoms. The third-order valence-corrected chi connectivity index (χ3v) is 17.9. The van der Waals surface area contributed by atoms with Gasteiger partial charge in [-0.2, -0.15) is 0 Å². The molecule has 0 unspecified atom stereocenters. The van der Waals surface area contributed by atoms with E-state index in [1.54, 1.807) is 6.20 Å². The zero-order chi connectivity index (χ0) is 49.3. The quantitative estimate of drug-likeness (QED) is 0.150. The molecule has 5 amide bonds. The maximum absolute atomic E-state index is 15.3. The van der Waals surface area contributed by atoms with Crippen molar-refractivity contribution in [1.29, 1.82) is 0 Å². The fraction of sp³-hybridized carbons (Fsp3) is 0.607. The molecule has 2 aliphatic carbocycles. The van der Waals surface area contributed by atoms with Crippen molar-refractivity contribution < 1.29 is 24.0 Å². The predicted molar refractivity (Wildman–Crippen MR) is 275 cm³/mol. The lowest BCUT2D eigenvalue weighted by Crippen LogP contribution is -2.58. The van der Waals surface area contributed by atoms with Crippen LogP contribution in [0.1, 0.15) is 140 Å². The number of imidazole rings is 1. The van der Waals surface area contributed by atoms with Gasteiger partial charge in [0.15, 0.2) is 5.82 Å². The Bertz CT molecular complexity index is 2740. The topological polar surface area (TPSA) is 169 Å². The number of amides is 5. The van der Waals surface area contributed by atoms with E-state index in [0.717, 1.165) is 128 Å². The van der Waals surface area contributed by atoms with Gasteiger partial charge in [0, 0.05) is 93.7 Å². The molecule has 0 radical (unpaired) electrons. The molecule has 5 saturated heterocycles. The van der Waals surface area contributed by atoms with Gasteiger partial charge in [-0.3, -0.25) is 29.3 Å². The average Bonchev–Trinajstić information content (AvgIpc) is 4.05. The molecule has 3 aromatic heterocycles. The zero-order valence-electron chi connectivity index (χ0n) is 42.2. The second kappa shape index (κ2) is 19.2. The van der Waals surface area contributed by atoms with E-state index < -0.39 is 5.41 Å². The van der Waals surface area contributed by atoms with Crippen LogP contribution >= 0.6 is 0 Å². The largest absolute Gasteiger partial charge is 0.366 e. The van der Waals surface area contributed by atoms with Crippen LogP contribution in [0, 0.1) is 11.8 Å². The zero-order valence-corrected chi connectivity index (χ0v) is 42.2. The highest BCUT2D eigenvalue weighted by atomic mass is 16.2. The van der Waals surface area contributed by atoms with Crippen LogP contribution in [0.2, 0.25) is 0 Å². The number of imide groups is 1. The number of anilines is 3. The predicted octanol–water partition coefficient (Wildman–Crippen LogP) is 6.94. The number of benzene rings is 1. The Kier molecular flexibility index (Phi) is 12.6. The summed E-state index contributed by atoms with van der Waals surface area (Å²) < 4.78 is 2.20. The Hall–Kier alpha value is -5.90. The Morgan fingerprint density at radius 3 is 2.33 bits per heavy atom. The maximum Gasteiger partial charge on any atom is 0.238 e. The minimum absolute atomic E-state index is 0.116. The van der Waals surface area contributed by atoms with Crippen molar-refractivity contribution in [3.05, 3.63) is 60.0 Å². The summed E-state index contributed by atoms with van der Waals surface area (Å²) in [7, 11) is 0. The number of nitrogens with one attached hydrogen (secondary N) is 2. The first-order chi connectivity index (χ1) is 35.0. The minimum atomic E-state index is -0.688. The highest BCUT2D eigenvalue weighted by Crippen LogP contribution is 2.52. The number of piperidine rings is 5. The van der Waals surface area contributed by atoms with Crippen LogP contribution in [-0.2, 0) is 29.4 Å². The SMILES string of the molecule is CC(C)n1cnc2cc(-c3ccc4c(c3)N(C3CC(N5CCCCC5)C3)C(=O)C43CCN(C(=O)[C@@H]4CCCN(C(=O)CC5CCN(c6ccc([C@H]7CCC(=O)NC7=O)cn6)CC5)C4)CC3)nc(NC3CC3)c21. The number of fused-ring (bicyclic) bond motifs is 3. The van der Waals surface area contributed by atoms with Crippen molar-refractivity contribution in [2.75, 3.05) is 67.5 Å². The molecule has 7 fully saturated rings. The lowest BCUT2D eigenvalue weighted by atomic mass is 9.73. The summed E-state index contributed by atoms with van der Waals surface area (Å²) >= 11 is 0. The number of carbonyl (C=O) groups is 5. The molecular formula is C56H71N11O5. The van der Waals surface area contributed by atoms with Crippen LogP contribution < -0.4 is 20.4 Å². The second-order valence-corrected chi connectivity index (χ2v) is 22.8. The molecule has 4 aromatic rings. The van der Waals surface area contributed by atoms with Gasteiger partial charge in [0.1, 0.15) is 11.3 Å². The van der Waals surface area contributed by atoms with Crippen LogP contribution in [0.5, 0.6) is 0 Å². The summed E-state index contributed by atoms with van der Waals surface area (Å²) in [5, 5.41) is 6.14. The first-order valence-electron chi connectivity index (χ1n) is 27.5. The molecule has 6 aliphatic heterocycles. The van der Waals surface area contributed by atoms with Gasteiger partial charge in [-0.25, -0.2) is 15.0 Å².